The van der Waals surface area contributed by atoms with E-state index in [0.717, 1.165) is 34.3 Å². The predicted octanol–water partition coefficient (Wildman–Crippen LogP) is 3.34. The van der Waals surface area contributed by atoms with Crippen molar-refractivity contribution in [2.45, 2.75) is 18.7 Å². The second-order valence-electron chi connectivity index (χ2n) is 5.90. The van der Waals surface area contributed by atoms with Crippen LogP contribution in [0.15, 0.2) is 29.2 Å². The molecule has 0 unspecified atom stereocenters. The van der Waals surface area contributed by atoms with Crippen LogP contribution >= 0.6 is 22.7 Å². The average molecular weight is 456 g/mol. The van der Waals surface area contributed by atoms with Gasteiger partial charge in [-0.05, 0) is 32.0 Å². The smallest absolute Gasteiger partial charge is 0.275 e. The molecule has 0 saturated heterocycles. The van der Waals surface area contributed by atoms with Crippen LogP contribution in [-0.4, -0.2) is 46.6 Å². The zero-order chi connectivity index (χ0) is 21.2. The quantitative estimate of drug-likeness (QED) is 0.556. The van der Waals surface area contributed by atoms with Gasteiger partial charge in [0.1, 0.15) is 21.2 Å². The van der Waals surface area contributed by atoms with Crippen molar-refractivity contribution in [3.63, 3.8) is 0 Å². The topological polar surface area (TPSA) is 97.8 Å². The van der Waals surface area contributed by atoms with E-state index >= 15 is 0 Å². The molecular formula is C18H21N3O5S3. The Morgan fingerprint density at radius 3 is 2.45 bits per heavy atom. The third-order valence-electron chi connectivity index (χ3n) is 4.22. The Morgan fingerprint density at radius 1 is 1.14 bits per heavy atom. The van der Waals surface area contributed by atoms with Crippen LogP contribution in [0.3, 0.4) is 0 Å². The number of nitrogens with one attached hydrogen (secondary N) is 1. The molecule has 0 radical (unpaired) electrons. The summed E-state index contributed by atoms with van der Waals surface area (Å²) in [6.45, 7) is 5.78. The van der Waals surface area contributed by atoms with Crippen LogP contribution in [0.4, 0.5) is 5.13 Å². The van der Waals surface area contributed by atoms with Crippen molar-refractivity contribution in [1.82, 2.24) is 9.71 Å². The van der Waals surface area contributed by atoms with Crippen molar-refractivity contribution in [2.24, 2.45) is 0 Å². The Balaban J connectivity index is 1.87. The van der Waals surface area contributed by atoms with Gasteiger partial charge in [0.15, 0.2) is 5.13 Å². The van der Waals surface area contributed by atoms with Crippen molar-refractivity contribution in [3.05, 3.63) is 29.1 Å². The highest BCUT2D eigenvalue weighted by atomic mass is 32.2. The Morgan fingerprint density at radius 2 is 1.86 bits per heavy atom. The van der Waals surface area contributed by atoms with Crippen LogP contribution in [0.5, 0.6) is 11.5 Å². The van der Waals surface area contributed by atoms with Crippen molar-refractivity contribution >= 4 is 53.3 Å². The summed E-state index contributed by atoms with van der Waals surface area (Å²) in [5, 5.41) is 0.886. The van der Waals surface area contributed by atoms with Gasteiger partial charge in [0.05, 0.1) is 23.8 Å². The van der Waals surface area contributed by atoms with Crippen LogP contribution in [0.1, 0.15) is 23.5 Å². The second kappa shape index (κ2) is 8.56. The minimum absolute atomic E-state index is 0.115. The number of amides is 1. The molecule has 0 bridgehead atoms. The minimum atomic E-state index is -4.16. The average Bonchev–Trinajstić information content (AvgIpc) is 3.27. The summed E-state index contributed by atoms with van der Waals surface area (Å²) in [5.41, 5.74) is 0. The molecule has 0 fully saturated rings. The van der Waals surface area contributed by atoms with E-state index in [9.17, 15) is 13.2 Å². The first-order chi connectivity index (χ1) is 13.8. The third kappa shape index (κ3) is 4.31. The number of fused-ring (bicyclic) bond motifs is 1. The van der Waals surface area contributed by atoms with Crippen LogP contribution in [0.2, 0.25) is 0 Å². The number of hydrogen-bond donors (Lipinski definition) is 1. The molecule has 2 aromatic heterocycles. The number of thiophene rings is 1. The standard InChI is InChI=1S/C18H21N3O5S3/c1-5-21(6-2)18-19-17-14(28-18)10-13(27-17)16(22)20-29(23,24)15-9-11(25-3)7-8-12(15)26-4/h7-10H,5-6H2,1-4H3,(H,20,22). The van der Waals surface area contributed by atoms with Gasteiger partial charge in [-0.2, -0.15) is 0 Å². The highest BCUT2D eigenvalue weighted by molar-refractivity contribution is 7.90. The number of sulfonamides is 1. The molecule has 11 heteroatoms. The zero-order valence-corrected chi connectivity index (χ0v) is 18.8. The van der Waals surface area contributed by atoms with Gasteiger partial charge in [-0.15, -0.1) is 11.3 Å². The molecule has 0 saturated carbocycles. The minimum Gasteiger partial charge on any atom is -0.497 e. The summed E-state index contributed by atoms with van der Waals surface area (Å²) in [6, 6.07) is 6.02. The fraction of sp³-hybridized carbons (Fsp3) is 0.333. The maximum atomic E-state index is 12.8. The van der Waals surface area contributed by atoms with E-state index in [1.54, 1.807) is 12.1 Å². The van der Waals surface area contributed by atoms with Gasteiger partial charge in [-0.1, -0.05) is 11.3 Å². The monoisotopic (exact) mass is 455 g/mol. The normalized spacial score (nSPS) is 11.4. The largest absolute Gasteiger partial charge is 0.497 e. The lowest BCUT2D eigenvalue weighted by atomic mass is 10.3. The number of benzene rings is 1. The molecule has 8 nitrogen and oxygen atoms in total. The van der Waals surface area contributed by atoms with Crippen LogP contribution in [-0.2, 0) is 10.0 Å². The van der Waals surface area contributed by atoms with Gasteiger partial charge < -0.3 is 14.4 Å². The first-order valence-corrected chi connectivity index (χ1v) is 11.9. The molecule has 3 rings (SSSR count). The zero-order valence-electron chi connectivity index (χ0n) is 16.4. The Kier molecular flexibility index (Phi) is 6.30. The number of aromatic nitrogens is 1. The highest BCUT2D eigenvalue weighted by Crippen LogP contribution is 2.35. The summed E-state index contributed by atoms with van der Waals surface area (Å²) >= 11 is 2.64. The molecule has 1 N–H and O–H groups in total. The number of hydrogen-bond acceptors (Lipinski definition) is 9. The van der Waals surface area contributed by atoms with Crippen molar-refractivity contribution in [2.75, 3.05) is 32.2 Å². The Bertz CT molecular complexity index is 1100. The lowest BCUT2D eigenvalue weighted by Crippen LogP contribution is -2.30. The number of anilines is 1. The summed E-state index contributed by atoms with van der Waals surface area (Å²) < 4.78 is 38.6. The third-order valence-corrected chi connectivity index (χ3v) is 7.80. The van der Waals surface area contributed by atoms with E-state index in [-0.39, 0.29) is 15.5 Å². The predicted molar refractivity (Wildman–Crippen MR) is 115 cm³/mol. The first-order valence-electron chi connectivity index (χ1n) is 8.77. The van der Waals surface area contributed by atoms with Gasteiger partial charge in [0.2, 0.25) is 0 Å². The maximum absolute atomic E-state index is 12.8. The van der Waals surface area contributed by atoms with Crippen molar-refractivity contribution in [1.29, 1.82) is 0 Å². The van der Waals surface area contributed by atoms with Crippen LogP contribution in [0, 0.1) is 0 Å². The van der Waals surface area contributed by atoms with E-state index in [0.29, 0.717) is 10.6 Å². The highest BCUT2D eigenvalue weighted by Gasteiger charge is 2.25. The van der Waals surface area contributed by atoms with E-state index in [4.69, 9.17) is 9.47 Å². The van der Waals surface area contributed by atoms with E-state index in [2.05, 4.69) is 28.5 Å². The number of carbonyl (C=O) groups excluding carboxylic acids is 1. The number of methoxy groups -OCH3 is 2. The van der Waals surface area contributed by atoms with Gasteiger partial charge in [-0.3, -0.25) is 4.79 Å². The molecule has 0 aliphatic heterocycles. The molecule has 29 heavy (non-hydrogen) atoms. The summed E-state index contributed by atoms with van der Waals surface area (Å²) in [7, 11) is -1.37. The van der Waals surface area contributed by atoms with E-state index in [1.165, 1.54) is 37.7 Å². The maximum Gasteiger partial charge on any atom is 0.275 e. The van der Waals surface area contributed by atoms with E-state index in [1.807, 2.05) is 0 Å². The lowest BCUT2D eigenvalue weighted by Gasteiger charge is -2.16. The molecule has 0 aliphatic rings. The molecule has 1 amide bonds. The molecule has 0 aliphatic carbocycles. The van der Waals surface area contributed by atoms with Crippen molar-refractivity contribution in [3.8, 4) is 11.5 Å². The number of nitrogens with zero attached hydrogens (tertiary/aromatic N) is 2. The Labute approximate surface area is 177 Å². The first kappa shape index (κ1) is 21.3. The molecule has 0 spiro atoms. The molecule has 156 valence electrons. The molecule has 2 heterocycles. The summed E-state index contributed by atoms with van der Waals surface area (Å²) in [4.78, 5) is 20.1. The SMILES string of the molecule is CCN(CC)c1nc2sc(C(=O)NS(=O)(=O)c3cc(OC)ccc3OC)cc2s1. The Hall–Kier alpha value is -2.37. The summed E-state index contributed by atoms with van der Waals surface area (Å²) in [5.74, 6) is -0.262. The molecule has 1 aromatic carbocycles. The van der Waals surface area contributed by atoms with Gasteiger partial charge in [-0.25, -0.2) is 18.1 Å². The lowest BCUT2D eigenvalue weighted by molar-refractivity contribution is 0.0985. The number of thiazole rings is 1. The van der Waals surface area contributed by atoms with Gasteiger partial charge in [0.25, 0.3) is 15.9 Å². The fourth-order valence-electron chi connectivity index (χ4n) is 2.69. The number of ether oxygens (including phenoxy) is 2. The van der Waals surface area contributed by atoms with Gasteiger partial charge in [0, 0.05) is 19.2 Å². The molecule has 0 atom stereocenters. The van der Waals surface area contributed by atoms with Crippen LogP contribution < -0.4 is 19.1 Å². The van der Waals surface area contributed by atoms with Crippen LogP contribution in [0.25, 0.3) is 9.53 Å². The molecular weight excluding hydrogens is 434 g/mol. The summed E-state index contributed by atoms with van der Waals surface area (Å²) in [6.07, 6.45) is 0. The van der Waals surface area contributed by atoms with Crippen molar-refractivity contribution < 1.29 is 22.7 Å². The fourth-order valence-corrected chi connectivity index (χ4v) is 6.14. The molecule has 3 aromatic rings. The number of rotatable bonds is 8. The van der Waals surface area contributed by atoms with E-state index < -0.39 is 15.9 Å². The second-order valence-corrected chi connectivity index (χ2v) is 9.59. The number of carbonyl (C=O) groups is 1. The van der Waals surface area contributed by atoms with Gasteiger partial charge >= 0.3 is 0 Å².